The van der Waals surface area contributed by atoms with E-state index in [9.17, 15) is 9.90 Å². The van der Waals surface area contributed by atoms with Crippen molar-refractivity contribution in [2.75, 3.05) is 26.2 Å². The van der Waals surface area contributed by atoms with Crippen LogP contribution in [0.3, 0.4) is 0 Å². The molecule has 1 fully saturated rings. The highest BCUT2D eigenvalue weighted by molar-refractivity contribution is 5.77. The predicted molar refractivity (Wildman–Crippen MR) is 86.1 cm³/mol. The van der Waals surface area contributed by atoms with E-state index in [4.69, 9.17) is 4.74 Å². The molecule has 0 spiro atoms. The lowest BCUT2D eigenvalue weighted by Gasteiger charge is -2.15. The minimum absolute atomic E-state index is 0.00326. The third-order valence-corrected chi connectivity index (χ3v) is 4.10. The third-order valence-electron chi connectivity index (χ3n) is 4.10. The van der Waals surface area contributed by atoms with Crippen molar-refractivity contribution in [1.82, 2.24) is 10.6 Å². The number of aliphatic hydroxyl groups is 1. The van der Waals surface area contributed by atoms with Crippen LogP contribution in [0.15, 0.2) is 18.2 Å². The zero-order valence-electron chi connectivity index (χ0n) is 13.6. The lowest BCUT2D eigenvalue weighted by atomic mass is 9.98. The minimum atomic E-state index is -0.382. The molecule has 1 aliphatic heterocycles. The van der Waals surface area contributed by atoms with E-state index in [0.717, 1.165) is 6.54 Å². The van der Waals surface area contributed by atoms with E-state index in [1.165, 1.54) is 11.1 Å². The SMILES string of the molecule is Cc1cc(OCC(=O)NCC2CNCC2O)ccc1C(C)C. The Balaban J connectivity index is 1.77. The summed E-state index contributed by atoms with van der Waals surface area (Å²) in [6.45, 7) is 8.16. The second-order valence-electron chi connectivity index (χ2n) is 6.25. The van der Waals surface area contributed by atoms with Gasteiger partial charge in [-0.1, -0.05) is 19.9 Å². The van der Waals surface area contributed by atoms with Gasteiger partial charge < -0.3 is 20.5 Å². The Morgan fingerprint density at radius 1 is 1.45 bits per heavy atom. The van der Waals surface area contributed by atoms with Crippen LogP contribution in [0.1, 0.15) is 30.9 Å². The van der Waals surface area contributed by atoms with Crippen molar-refractivity contribution in [1.29, 1.82) is 0 Å². The normalized spacial score (nSPS) is 21.1. The van der Waals surface area contributed by atoms with E-state index >= 15 is 0 Å². The Morgan fingerprint density at radius 2 is 2.23 bits per heavy atom. The van der Waals surface area contributed by atoms with Gasteiger partial charge in [0.25, 0.3) is 5.91 Å². The molecular weight excluding hydrogens is 280 g/mol. The van der Waals surface area contributed by atoms with E-state index in [1.807, 2.05) is 18.2 Å². The Bertz CT molecular complexity index is 517. The van der Waals surface area contributed by atoms with Crippen LogP contribution in [0, 0.1) is 12.8 Å². The number of carbonyl (C=O) groups excluding carboxylic acids is 1. The quantitative estimate of drug-likeness (QED) is 0.738. The second-order valence-corrected chi connectivity index (χ2v) is 6.25. The maximum Gasteiger partial charge on any atom is 0.257 e. The lowest BCUT2D eigenvalue weighted by Crippen LogP contribution is -2.36. The first-order valence-corrected chi connectivity index (χ1v) is 7.86. The number of hydrogen-bond acceptors (Lipinski definition) is 4. The monoisotopic (exact) mass is 306 g/mol. The van der Waals surface area contributed by atoms with Crippen LogP contribution in [-0.4, -0.2) is 43.4 Å². The molecule has 2 unspecified atom stereocenters. The fourth-order valence-electron chi connectivity index (χ4n) is 2.76. The van der Waals surface area contributed by atoms with Gasteiger partial charge in [-0.15, -0.1) is 0 Å². The van der Waals surface area contributed by atoms with Gasteiger partial charge in [-0.05, 0) is 36.1 Å². The van der Waals surface area contributed by atoms with Crippen molar-refractivity contribution in [3.63, 3.8) is 0 Å². The summed E-state index contributed by atoms with van der Waals surface area (Å²) in [4.78, 5) is 11.8. The van der Waals surface area contributed by atoms with E-state index < -0.39 is 0 Å². The average molecular weight is 306 g/mol. The van der Waals surface area contributed by atoms with Gasteiger partial charge in [0.1, 0.15) is 5.75 Å². The summed E-state index contributed by atoms with van der Waals surface area (Å²) >= 11 is 0. The molecule has 0 aliphatic carbocycles. The second kappa shape index (κ2) is 7.61. The van der Waals surface area contributed by atoms with E-state index in [1.54, 1.807) is 0 Å². The smallest absolute Gasteiger partial charge is 0.257 e. The van der Waals surface area contributed by atoms with Gasteiger partial charge in [0, 0.05) is 25.6 Å². The summed E-state index contributed by atoms with van der Waals surface area (Å²) in [6.07, 6.45) is -0.382. The fourth-order valence-corrected chi connectivity index (χ4v) is 2.76. The molecule has 1 aromatic carbocycles. The molecule has 0 radical (unpaired) electrons. The molecule has 1 aliphatic rings. The maximum atomic E-state index is 11.8. The van der Waals surface area contributed by atoms with Crippen LogP contribution in [-0.2, 0) is 4.79 Å². The summed E-state index contributed by atoms with van der Waals surface area (Å²) in [6, 6.07) is 5.92. The third kappa shape index (κ3) is 4.45. The average Bonchev–Trinajstić information content (AvgIpc) is 2.88. The molecule has 22 heavy (non-hydrogen) atoms. The van der Waals surface area contributed by atoms with Crippen molar-refractivity contribution >= 4 is 5.91 Å². The first-order chi connectivity index (χ1) is 10.5. The number of rotatable bonds is 6. The van der Waals surface area contributed by atoms with Gasteiger partial charge in [0.05, 0.1) is 6.10 Å². The van der Waals surface area contributed by atoms with Crippen LogP contribution >= 0.6 is 0 Å². The maximum absolute atomic E-state index is 11.8. The number of benzene rings is 1. The molecule has 0 aromatic heterocycles. The van der Waals surface area contributed by atoms with Gasteiger partial charge in [-0.3, -0.25) is 4.79 Å². The molecule has 1 saturated heterocycles. The highest BCUT2D eigenvalue weighted by Gasteiger charge is 2.24. The van der Waals surface area contributed by atoms with Crippen molar-refractivity contribution in [3.8, 4) is 5.75 Å². The van der Waals surface area contributed by atoms with Crippen LogP contribution in [0.25, 0.3) is 0 Å². The molecule has 1 heterocycles. The Morgan fingerprint density at radius 3 is 2.82 bits per heavy atom. The highest BCUT2D eigenvalue weighted by Crippen LogP contribution is 2.23. The topological polar surface area (TPSA) is 70.6 Å². The van der Waals surface area contributed by atoms with Gasteiger partial charge >= 0.3 is 0 Å². The molecule has 122 valence electrons. The van der Waals surface area contributed by atoms with Gasteiger partial charge in [-0.2, -0.15) is 0 Å². The van der Waals surface area contributed by atoms with Crippen molar-refractivity contribution in [2.45, 2.75) is 32.8 Å². The summed E-state index contributed by atoms with van der Waals surface area (Å²) in [5, 5.41) is 15.6. The molecule has 5 heteroatoms. The van der Waals surface area contributed by atoms with Gasteiger partial charge in [0.15, 0.2) is 6.61 Å². The molecular formula is C17H26N2O3. The summed E-state index contributed by atoms with van der Waals surface area (Å²) < 4.78 is 5.54. The summed E-state index contributed by atoms with van der Waals surface area (Å²) in [7, 11) is 0. The van der Waals surface area contributed by atoms with Crippen molar-refractivity contribution < 1.29 is 14.6 Å². The first kappa shape index (κ1) is 16.8. The van der Waals surface area contributed by atoms with Crippen LogP contribution in [0.5, 0.6) is 5.75 Å². The van der Waals surface area contributed by atoms with Crippen molar-refractivity contribution in [3.05, 3.63) is 29.3 Å². The largest absolute Gasteiger partial charge is 0.484 e. The van der Waals surface area contributed by atoms with E-state index in [-0.39, 0.29) is 24.5 Å². The number of ether oxygens (including phenoxy) is 1. The molecule has 2 atom stereocenters. The first-order valence-electron chi connectivity index (χ1n) is 7.86. The zero-order chi connectivity index (χ0) is 16.1. The Kier molecular flexibility index (Phi) is 5.80. The minimum Gasteiger partial charge on any atom is -0.484 e. The molecule has 2 rings (SSSR count). The summed E-state index contributed by atoms with van der Waals surface area (Å²) in [5.74, 6) is 1.10. The highest BCUT2D eigenvalue weighted by atomic mass is 16.5. The van der Waals surface area contributed by atoms with Gasteiger partial charge in [-0.25, -0.2) is 0 Å². The number of aliphatic hydroxyl groups excluding tert-OH is 1. The molecule has 5 nitrogen and oxygen atoms in total. The Hall–Kier alpha value is -1.59. The van der Waals surface area contributed by atoms with Gasteiger partial charge in [0.2, 0.25) is 0 Å². The van der Waals surface area contributed by atoms with Crippen LogP contribution in [0.2, 0.25) is 0 Å². The molecule has 3 N–H and O–H groups in total. The fraction of sp³-hybridized carbons (Fsp3) is 0.588. The number of β-amino-alcohol motifs (C(OH)–C–C–N with tert-alkyl or cyclic N) is 1. The number of carbonyl (C=O) groups is 1. The lowest BCUT2D eigenvalue weighted by molar-refractivity contribution is -0.123. The number of nitrogens with one attached hydrogen (secondary N) is 2. The molecule has 0 saturated carbocycles. The molecule has 1 amide bonds. The summed E-state index contributed by atoms with van der Waals surface area (Å²) in [5.41, 5.74) is 2.47. The molecule has 1 aromatic rings. The van der Waals surface area contributed by atoms with Crippen LogP contribution in [0.4, 0.5) is 0 Å². The number of amides is 1. The number of aryl methyl sites for hydroxylation is 1. The van der Waals surface area contributed by atoms with Crippen molar-refractivity contribution in [2.24, 2.45) is 5.92 Å². The Labute approximate surface area is 132 Å². The number of hydrogen-bond donors (Lipinski definition) is 3. The standard InChI is InChI=1S/C17H26N2O3/c1-11(2)15-5-4-14(6-12(15)3)22-10-17(21)19-8-13-7-18-9-16(13)20/h4-6,11,13,16,18,20H,7-10H2,1-3H3,(H,19,21). The molecule has 0 bridgehead atoms. The van der Waals surface area contributed by atoms with E-state index in [2.05, 4.69) is 31.4 Å². The zero-order valence-corrected chi connectivity index (χ0v) is 13.6. The predicted octanol–water partition coefficient (Wildman–Crippen LogP) is 1.19. The van der Waals surface area contributed by atoms with E-state index in [0.29, 0.717) is 24.8 Å². The van der Waals surface area contributed by atoms with Crippen LogP contribution < -0.4 is 15.4 Å².